The second-order valence-electron chi connectivity index (χ2n) is 6.32. The molecule has 0 bridgehead atoms. The first kappa shape index (κ1) is 19.7. The summed E-state index contributed by atoms with van der Waals surface area (Å²) in [5.41, 5.74) is 0.336. The highest BCUT2D eigenvalue weighted by atomic mass is 32.2. The first-order valence-electron chi connectivity index (χ1n) is 8.53. The van der Waals surface area contributed by atoms with Crippen molar-refractivity contribution < 1.29 is 17.9 Å². The van der Waals surface area contributed by atoms with Crippen molar-refractivity contribution in [2.45, 2.75) is 44.0 Å². The van der Waals surface area contributed by atoms with Crippen LogP contribution >= 0.6 is 0 Å². The van der Waals surface area contributed by atoms with Crippen molar-refractivity contribution in [1.82, 2.24) is 9.62 Å². The molecule has 7 nitrogen and oxygen atoms in total. The van der Waals surface area contributed by atoms with Crippen LogP contribution in [0.25, 0.3) is 0 Å². The summed E-state index contributed by atoms with van der Waals surface area (Å²) in [6, 6.07) is 4.77. The number of rotatable bonds is 8. The fourth-order valence-corrected chi connectivity index (χ4v) is 4.07. The van der Waals surface area contributed by atoms with Crippen LogP contribution in [-0.2, 0) is 14.8 Å². The van der Waals surface area contributed by atoms with Gasteiger partial charge in [-0.3, -0.25) is 4.79 Å². The summed E-state index contributed by atoms with van der Waals surface area (Å²) >= 11 is 0. The van der Waals surface area contributed by atoms with Crippen LogP contribution in [0.4, 0.5) is 5.69 Å². The largest absolute Gasteiger partial charge is 0.495 e. The van der Waals surface area contributed by atoms with E-state index in [1.54, 1.807) is 0 Å². The molecule has 1 amide bonds. The number of likely N-dealkylation sites (tertiary alicyclic amines) is 1. The van der Waals surface area contributed by atoms with Gasteiger partial charge >= 0.3 is 0 Å². The Hall–Kier alpha value is -1.64. The van der Waals surface area contributed by atoms with Crippen molar-refractivity contribution in [2.75, 3.05) is 32.1 Å². The zero-order valence-electron chi connectivity index (χ0n) is 15.0. The fraction of sp³-hybridized carbons (Fsp3) is 0.588. The molecule has 2 rings (SSSR count). The Bertz CT molecular complexity index is 700. The van der Waals surface area contributed by atoms with Gasteiger partial charge in [-0.15, -0.1) is 0 Å². The van der Waals surface area contributed by atoms with E-state index in [9.17, 15) is 13.2 Å². The number of carbonyl (C=O) groups is 1. The molecular formula is C17H27N3O4S. The summed E-state index contributed by atoms with van der Waals surface area (Å²) in [4.78, 5) is 13.8. The van der Waals surface area contributed by atoms with Crippen molar-refractivity contribution in [3.05, 3.63) is 18.2 Å². The van der Waals surface area contributed by atoms with Crippen molar-refractivity contribution in [3.63, 3.8) is 0 Å². The average Bonchev–Trinajstić information content (AvgIpc) is 3.08. The Kier molecular flexibility index (Phi) is 6.80. The molecule has 140 valence electrons. The van der Waals surface area contributed by atoms with Crippen LogP contribution in [0.5, 0.6) is 5.75 Å². The summed E-state index contributed by atoms with van der Waals surface area (Å²) < 4.78 is 32.8. The summed E-state index contributed by atoms with van der Waals surface area (Å²) in [6.45, 7) is 6.04. The van der Waals surface area contributed by atoms with Gasteiger partial charge in [0, 0.05) is 19.5 Å². The topological polar surface area (TPSA) is 87.7 Å². The van der Waals surface area contributed by atoms with Gasteiger partial charge in [0.15, 0.2) is 0 Å². The Balaban J connectivity index is 2.01. The predicted molar refractivity (Wildman–Crippen MR) is 97.4 cm³/mol. The summed E-state index contributed by atoms with van der Waals surface area (Å²) in [5.74, 6) is 0.122. The lowest BCUT2D eigenvalue weighted by atomic mass is 10.2. The van der Waals surface area contributed by atoms with E-state index in [0.717, 1.165) is 19.5 Å². The third kappa shape index (κ3) is 5.42. The quantitative estimate of drug-likeness (QED) is 0.730. The van der Waals surface area contributed by atoms with Gasteiger partial charge in [0.1, 0.15) is 5.75 Å². The molecule has 1 aromatic rings. The van der Waals surface area contributed by atoms with E-state index < -0.39 is 10.0 Å². The highest BCUT2D eigenvalue weighted by molar-refractivity contribution is 7.89. The number of benzene rings is 1. The number of anilines is 1. The molecule has 0 spiro atoms. The number of nitrogens with zero attached hydrogens (tertiary/aromatic N) is 1. The lowest BCUT2D eigenvalue weighted by molar-refractivity contribution is -0.114. The van der Waals surface area contributed by atoms with Crippen molar-refractivity contribution in [1.29, 1.82) is 0 Å². The lowest BCUT2D eigenvalue weighted by Crippen LogP contribution is -2.34. The standard InChI is InChI=1S/C17H27N3O4S/c1-13(20-10-4-5-11-20)8-9-18-25(22,23)15-6-7-17(24-3)16(12-15)19-14(2)21/h6-7,12-13,18H,4-5,8-11H2,1-3H3,(H,19,21). The first-order chi connectivity index (χ1) is 11.8. The van der Waals surface area contributed by atoms with Crippen molar-refractivity contribution in [2.24, 2.45) is 0 Å². The maximum absolute atomic E-state index is 12.5. The minimum absolute atomic E-state index is 0.103. The van der Waals surface area contributed by atoms with E-state index in [1.807, 2.05) is 0 Å². The van der Waals surface area contributed by atoms with E-state index in [4.69, 9.17) is 4.74 Å². The number of sulfonamides is 1. The molecule has 2 N–H and O–H groups in total. The number of methoxy groups -OCH3 is 1. The van der Waals surface area contributed by atoms with Crippen LogP contribution in [0.1, 0.15) is 33.1 Å². The van der Waals surface area contributed by atoms with Gasteiger partial charge in [0.2, 0.25) is 15.9 Å². The molecule has 25 heavy (non-hydrogen) atoms. The number of nitrogens with one attached hydrogen (secondary N) is 2. The van der Waals surface area contributed by atoms with Gasteiger partial charge in [0.25, 0.3) is 0 Å². The van der Waals surface area contributed by atoms with Gasteiger partial charge in [0.05, 0.1) is 17.7 Å². The minimum atomic E-state index is -3.64. The van der Waals surface area contributed by atoms with Crippen LogP contribution in [0.2, 0.25) is 0 Å². The van der Waals surface area contributed by atoms with E-state index in [1.165, 1.54) is 45.1 Å². The number of carbonyl (C=O) groups excluding carboxylic acids is 1. The molecule has 0 saturated carbocycles. The maximum Gasteiger partial charge on any atom is 0.240 e. The number of hydrogen-bond acceptors (Lipinski definition) is 5. The molecular weight excluding hydrogens is 342 g/mol. The highest BCUT2D eigenvalue weighted by Gasteiger charge is 2.20. The van der Waals surface area contributed by atoms with Gasteiger partial charge in [-0.1, -0.05) is 0 Å². The van der Waals surface area contributed by atoms with E-state index in [-0.39, 0.29) is 10.8 Å². The van der Waals surface area contributed by atoms with Crippen LogP contribution < -0.4 is 14.8 Å². The molecule has 0 aliphatic carbocycles. The first-order valence-corrected chi connectivity index (χ1v) is 10.0. The molecule has 1 aromatic carbocycles. The Morgan fingerprint density at radius 3 is 2.60 bits per heavy atom. The SMILES string of the molecule is COc1ccc(S(=O)(=O)NCCC(C)N2CCCC2)cc1NC(C)=O. The molecule has 8 heteroatoms. The molecule has 0 radical (unpaired) electrons. The van der Waals surface area contributed by atoms with Crippen molar-refractivity contribution in [3.8, 4) is 5.75 Å². The van der Waals surface area contributed by atoms with Gasteiger partial charge in [-0.2, -0.15) is 0 Å². The normalized spacial score (nSPS) is 16.6. The van der Waals surface area contributed by atoms with E-state index in [0.29, 0.717) is 24.0 Å². The zero-order chi connectivity index (χ0) is 18.4. The van der Waals surface area contributed by atoms with Crippen LogP contribution in [0.3, 0.4) is 0 Å². The Morgan fingerprint density at radius 1 is 1.32 bits per heavy atom. The van der Waals surface area contributed by atoms with Gasteiger partial charge < -0.3 is 15.0 Å². The number of hydrogen-bond donors (Lipinski definition) is 2. The molecule has 1 aliphatic rings. The fourth-order valence-electron chi connectivity index (χ4n) is 2.99. The summed E-state index contributed by atoms with van der Waals surface area (Å²) in [6.07, 6.45) is 3.19. The Labute approximate surface area is 149 Å². The molecule has 1 aliphatic heterocycles. The smallest absolute Gasteiger partial charge is 0.240 e. The van der Waals surface area contributed by atoms with E-state index >= 15 is 0 Å². The van der Waals surface area contributed by atoms with Crippen molar-refractivity contribution >= 4 is 21.6 Å². The number of ether oxygens (including phenoxy) is 1. The minimum Gasteiger partial charge on any atom is -0.495 e. The molecule has 1 unspecified atom stereocenters. The van der Waals surface area contributed by atoms with Gasteiger partial charge in [-0.05, 0) is 57.5 Å². The monoisotopic (exact) mass is 369 g/mol. The molecule has 1 fully saturated rings. The summed E-state index contributed by atoms with van der Waals surface area (Å²) in [5, 5.41) is 2.59. The maximum atomic E-state index is 12.5. The second kappa shape index (κ2) is 8.64. The van der Waals surface area contributed by atoms with Crippen LogP contribution in [-0.4, -0.2) is 52.0 Å². The molecule has 1 heterocycles. The lowest BCUT2D eigenvalue weighted by Gasteiger charge is -2.23. The van der Waals surface area contributed by atoms with Gasteiger partial charge in [-0.25, -0.2) is 13.1 Å². The van der Waals surface area contributed by atoms with E-state index in [2.05, 4.69) is 21.9 Å². The number of amides is 1. The third-order valence-electron chi connectivity index (χ3n) is 4.41. The highest BCUT2D eigenvalue weighted by Crippen LogP contribution is 2.27. The molecule has 0 aromatic heterocycles. The zero-order valence-corrected chi connectivity index (χ0v) is 15.9. The average molecular weight is 369 g/mol. The predicted octanol–water partition coefficient (Wildman–Crippen LogP) is 1.81. The molecule has 1 saturated heterocycles. The Morgan fingerprint density at radius 2 is 2.00 bits per heavy atom. The summed E-state index contributed by atoms with van der Waals surface area (Å²) in [7, 11) is -2.17. The third-order valence-corrected chi connectivity index (χ3v) is 5.87. The van der Waals surface area contributed by atoms with Crippen LogP contribution in [0.15, 0.2) is 23.1 Å². The van der Waals surface area contributed by atoms with Crippen LogP contribution in [0, 0.1) is 0 Å². The molecule has 1 atom stereocenters. The second-order valence-corrected chi connectivity index (χ2v) is 8.09.